The van der Waals surface area contributed by atoms with Crippen molar-refractivity contribution in [2.45, 2.75) is 25.4 Å². The number of terminal acetylenes is 1. The van der Waals surface area contributed by atoms with E-state index in [2.05, 4.69) is 11.2 Å². The van der Waals surface area contributed by atoms with Crippen molar-refractivity contribution < 1.29 is 14.7 Å². The summed E-state index contributed by atoms with van der Waals surface area (Å²) < 4.78 is 0. The van der Waals surface area contributed by atoms with Crippen LogP contribution in [-0.2, 0) is 11.3 Å². The van der Waals surface area contributed by atoms with E-state index >= 15 is 0 Å². The SMILES string of the molecule is C#Cc1ccc2cccc(CNC(=O)N3CCCC3C(=O)O)c2c1. The second-order valence-electron chi connectivity index (χ2n) is 5.85. The number of carboxylic acids is 1. The molecule has 5 heteroatoms. The summed E-state index contributed by atoms with van der Waals surface area (Å²) in [4.78, 5) is 24.9. The van der Waals surface area contributed by atoms with Crippen LogP contribution in [0.25, 0.3) is 10.8 Å². The largest absolute Gasteiger partial charge is 0.480 e. The Bertz CT molecular complexity index is 838. The minimum atomic E-state index is -0.952. The fraction of sp³-hybridized carbons (Fsp3) is 0.263. The van der Waals surface area contributed by atoms with Crippen molar-refractivity contribution in [3.05, 3.63) is 47.5 Å². The van der Waals surface area contributed by atoms with Gasteiger partial charge in [-0.2, -0.15) is 0 Å². The predicted molar refractivity (Wildman–Crippen MR) is 91.5 cm³/mol. The number of nitrogens with zero attached hydrogens (tertiary/aromatic N) is 1. The van der Waals surface area contributed by atoms with Gasteiger partial charge in [0, 0.05) is 18.7 Å². The number of carbonyl (C=O) groups excluding carboxylic acids is 1. The highest BCUT2D eigenvalue weighted by atomic mass is 16.4. The molecule has 1 saturated heterocycles. The Hall–Kier alpha value is -3.00. The molecule has 1 aliphatic rings. The molecule has 2 amide bonds. The molecular formula is C19H18N2O3. The second-order valence-corrected chi connectivity index (χ2v) is 5.85. The molecule has 0 spiro atoms. The van der Waals surface area contributed by atoms with E-state index in [0.29, 0.717) is 25.9 Å². The van der Waals surface area contributed by atoms with Gasteiger partial charge < -0.3 is 15.3 Å². The summed E-state index contributed by atoms with van der Waals surface area (Å²) in [5.74, 6) is 1.66. The van der Waals surface area contributed by atoms with Crippen LogP contribution in [0.4, 0.5) is 4.79 Å². The molecule has 0 bridgehead atoms. The summed E-state index contributed by atoms with van der Waals surface area (Å²) >= 11 is 0. The van der Waals surface area contributed by atoms with Gasteiger partial charge in [-0.05, 0) is 41.3 Å². The molecule has 0 aliphatic carbocycles. The first kappa shape index (κ1) is 15.9. The van der Waals surface area contributed by atoms with E-state index in [-0.39, 0.29) is 6.03 Å². The minimum Gasteiger partial charge on any atom is -0.480 e. The van der Waals surface area contributed by atoms with Crippen LogP contribution in [0.5, 0.6) is 0 Å². The first-order valence-electron chi connectivity index (χ1n) is 7.85. The van der Waals surface area contributed by atoms with E-state index in [1.165, 1.54) is 4.90 Å². The van der Waals surface area contributed by atoms with E-state index in [4.69, 9.17) is 6.42 Å². The Morgan fingerprint density at radius 1 is 1.33 bits per heavy atom. The second kappa shape index (κ2) is 6.63. The number of carbonyl (C=O) groups is 2. The maximum Gasteiger partial charge on any atom is 0.326 e. The molecule has 0 saturated carbocycles. The highest BCUT2D eigenvalue weighted by molar-refractivity contribution is 5.88. The van der Waals surface area contributed by atoms with E-state index < -0.39 is 12.0 Å². The van der Waals surface area contributed by atoms with Crippen molar-refractivity contribution in [3.63, 3.8) is 0 Å². The summed E-state index contributed by atoms with van der Waals surface area (Å²) in [6, 6.07) is 10.5. The maximum atomic E-state index is 12.3. The number of hydrogen-bond acceptors (Lipinski definition) is 2. The van der Waals surface area contributed by atoms with Crippen molar-refractivity contribution in [1.29, 1.82) is 0 Å². The summed E-state index contributed by atoms with van der Waals surface area (Å²) in [5.41, 5.74) is 1.73. The summed E-state index contributed by atoms with van der Waals surface area (Å²) in [6.07, 6.45) is 6.67. The predicted octanol–water partition coefficient (Wildman–Crippen LogP) is 2.58. The van der Waals surface area contributed by atoms with Crippen LogP contribution in [0.2, 0.25) is 0 Å². The van der Waals surface area contributed by atoms with E-state index in [1.54, 1.807) is 0 Å². The highest BCUT2D eigenvalue weighted by Gasteiger charge is 2.33. The number of aliphatic carboxylic acids is 1. The lowest BCUT2D eigenvalue weighted by atomic mass is 10.0. The van der Waals surface area contributed by atoms with Gasteiger partial charge in [0.2, 0.25) is 0 Å². The standard InChI is InChI=1S/C19H18N2O3/c1-2-13-8-9-14-5-3-6-15(16(14)11-13)12-20-19(24)21-10-4-7-17(21)18(22)23/h1,3,5-6,8-9,11,17H,4,7,10,12H2,(H,20,24)(H,22,23). The Morgan fingerprint density at radius 3 is 2.92 bits per heavy atom. The molecule has 122 valence electrons. The molecule has 24 heavy (non-hydrogen) atoms. The van der Waals surface area contributed by atoms with Gasteiger partial charge in [-0.25, -0.2) is 9.59 Å². The third-order valence-corrected chi connectivity index (χ3v) is 4.37. The first-order valence-corrected chi connectivity index (χ1v) is 7.85. The first-order chi connectivity index (χ1) is 11.6. The highest BCUT2D eigenvalue weighted by Crippen LogP contribution is 2.21. The Kier molecular flexibility index (Phi) is 4.39. The summed E-state index contributed by atoms with van der Waals surface area (Å²) in [6.45, 7) is 0.798. The summed E-state index contributed by atoms with van der Waals surface area (Å²) in [7, 11) is 0. The average molecular weight is 322 g/mol. The molecule has 2 N–H and O–H groups in total. The van der Waals surface area contributed by atoms with Gasteiger partial charge in [0.15, 0.2) is 0 Å². The average Bonchev–Trinajstić information content (AvgIpc) is 3.09. The zero-order valence-electron chi connectivity index (χ0n) is 13.2. The minimum absolute atomic E-state index is 0.326. The van der Waals surface area contributed by atoms with Crippen LogP contribution in [0.3, 0.4) is 0 Å². The third-order valence-electron chi connectivity index (χ3n) is 4.37. The van der Waals surface area contributed by atoms with Crippen LogP contribution in [0, 0.1) is 12.3 Å². The normalized spacial score (nSPS) is 16.8. The number of amides is 2. The Labute approximate surface area is 140 Å². The van der Waals surface area contributed by atoms with Crippen LogP contribution < -0.4 is 5.32 Å². The van der Waals surface area contributed by atoms with Gasteiger partial charge in [-0.1, -0.05) is 30.2 Å². The fourth-order valence-corrected chi connectivity index (χ4v) is 3.12. The van der Waals surface area contributed by atoms with Crippen LogP contribution in [0.15, 0.2) is 36.4 Å². The summed E-state index contributed by atoms with van der Waals surface area (Å²) in [5, 5.41) is 14.0. The smallest absolute Gasteiger partial charge is 0.326 e. The molecule has 1 fully saturated rings. The Balaban J connectivity index is 1.77. The zero-order valence-corrected chi connectivity index (χ0v) is 13.2. The van der Waals surface area contributed by atoms with Crippen molar-refractivity contribution in [2.75, 3.05) is 6.54 Å². The van der Waals surface area contributed by atoms with Crippen LogP contribution in [0.1, 0.15) is 24.0 Å². The van der Waals surface area contributed by atoms with Gasteiger partial charge in [0.25, 0.3) is 0 Å². The zero-order chi connectivity index (χ0) is 17.1. The van der Waals surface area contributed by atoms with Crippen molar-refractivity contribution in [2.24, 2.45) is 0 Å². The molecule has 5 nitrogen and oxygen atoms in total. The quantitative estimate of drug-likeness (QED) is 0.853. The van der Waals surface area contributed by atoms with Crippen molar-refractivity contribution in [3.8, 4) is 12.3 Å². The number of likely N-dealkylation sites (tertiary alicyclic amines) is 1. The molecule has 1 aliphatic heterocycles. The van der Waals surface area contributed by atoms with Crippen molar-refractivity contribution >= 4 is 22.8 Å². The van der Waals surface area contributed by atoms with Crippen LogP contribution >= 0.6 is 0 Å². The lowest BCUT2D eigenvalue weighted by molar-refractivity contribution is -0.141. The van der Waals surface area contributed by atoms with Crippen LogP contribution in [-0.4, -0.2) is 34.6 Å². The van der Waals surface area contributed by atoms with Gasteiger partial charge in [-0.15, -0.1) is 6.42 Å². The number of rotatable bonds is 3. The fourth-order valence-electron chi connectivity index (χ4n) is 3.12. The molecule has 2 aromatic carbocycles. The third kappa shape index (κ3) is 3.04. The molecule has 0 radical (unpaired) electrons. The topological polar surface area (TPSA) is 69.6 Å². The van der Waals surface area contributed by atoms with Gasteiger partial charge >= 0.3 is 12.0 Å². The number of nitrogens with one attached hydrogen (secondary N) is 1. The number of urea groups is 1. The maximum absolute atomic E-state index is 12.3. The molecular weight excluding hydrogens is 304 g/mol. The number of carboxylic acid groups (broad SMARTS) is 1. The van der Waals surface area contributed by atoms with Gasteiger partial charge in [0.1, 0.15) is 6.04 Å². The van der Waals surface area contributed by atoms with Gasteiger partial charge in [0.05, 0.1) is 0 Å². The number of fused-ring (bicyclic) bond motifs is 1. The van der Waals surface area contributed by atoms with Gasteiger partial charge in [-0.3, -0.25) is 0 Å². The lowest BCUT2D eigenvalue weighted by Gasteiger charge is -2.22. The number of hydrogen-bond donors (Lipinski definition) is 2. The lowest BCUT2D eigenvalue weighted by Crippen LogP contribution is -2.45. The van der Waals surface area contributed by atoms with E-state index in [0.717, 1.165) is 21.9 Å². The molecule has 1 atom stereocenters. The molecule has 3 rings (SSSR count). The van der Waals surface area contributed by atoms with E-state index in [1.807, 2.05) is 36.4 Å². The van der Waals surface area contributed by atoms with E-state index in [9.17, 15) is 14.7 Å². The molecule has 2 aromatic rings. The Morgan fingerprint density at radius 2 is 2.17 bits per heavy atom. The monoisotopic (exact) mass is 322 g/mol. The molecule has 1 unspecified atom stereocenters. The molecule has 1 heterocycles. The number of benzene rings is 2. The molecule has 0 aromatic heterocycles. The van der Waals surface area contributed by atoms with Crippen molar-refractivity contribution in [1.82, 2.24) is 10.2 Å².